The normalized spacial score (nSPS) is 23.1. The monoisotopic (exact) mass is 458 g/mol. The van der Waals surface area contributed by atoms with Crippen molar-refractivity contribution < 1.29 is 56.2 Å². The fourth-order valence-electron chi connectivity index (χ4n) is 3.47. The Kier molecular flexibility index (Phi) is 15.2. The van der Waals surface area contributed by atoms with E-state index in [4.69, 9.17) is 10.2 Å². The van der Waals surface area contributed by atoms with Crippen LogP contribution in [0.1, 0.15) is 46.0 Å². The topological polar surface area (TPSA) is 223 Å². The fourth-order valence-corrected chi connectivity index (χ4v) is 3.47. The maximum atomic E-state index is 10.5. The van der Waals surface area contributed by atoms with Gasteiger partial charge in [0.05, 0.1) is 62.0 Å². The van der Waals surface area contributed by atoms with Crippen LogP contribution in [-0.4, -0.2) is 124 Å². The van der Waals surface area contributed by atoms with Gasteiger partial charge in [-0.15, -0.1) is 0 Å². The minimum Gasteiger partial charge on any atom is -0.394 e. The number of hydrogen-bond donors (Lipinski definition) is 11. The van der Waals surface area contributed by atoms with Crippen molar-refractivity contribution in [1.82, 2.24) is 0 Å². The van der Waals surface area contributed by atoms with Crippen molar-refractivity contribution in [2.45, 2.75) is 101 Å². The van der Waals surface area contributed by atoms with E-state index in [9.17, 15) is 46.0 Å². The summed E-state index contributed by atoms with van der Waals surface area (Å²) in [5.74, 6) is -1.51. The SMILES string of the molecule is C[C@H]([C@H](O)[C@@H](C)[C@@H](O)C[C@@H](O)C[C@H](O)C[C@@H](O)[C@@H](O)CO)[C@H](O)C[C@@H](O)C[C@H](O)CO. The summed E-state index contributed by atoms with van der Waals surface area (Å²) < 4.78 is 0. The highest BCUT2D eigenvalue weighted by Crippen LogP contribution is 2.25. The molecule has 0 radical (unpaired) electrons. The molecule has 0 bridgehead atoms. The lowest BCUT2D eigenvalue weighted by Gasteiger charge is -2.33. The van der Waals surface area contributed by atoms with Crippen molar-refractivity contribution in [3.63, 3.8) is 0 Å². The fraction of sp³-hybridized carbons (Fsp3) is 1.00. The average molecular weight is 459 g/mol. The summed E-state index contributed by atoms with van der Waals surface area (Å²) in [5, 5.41) is 107. The Morgan fingerprint density at radius 3 is 1.13 bits per heavy atom. The second-order valence-electron chi connectivity index (χ2n) is 8.64. The molecule has 0 aromatic rings. The summed E-state index contributed by atoms with van der Waals surface area (Å²) in [5.41, 5.74) is 0. The number of rotatable bonds is 17. The predicted octanol–water partition coefficient (Wildman–Crippen LogP) is -3.56. The quantitative estimate of drug-likeness (QED) is 0.102. The van der Waals surface area contributed by atoms with Gasteiger partial charge in [0.2, 0.25) is 0 Å². The zero-order valence-electron chi connectivity index (χ0n) is 18.2. The van der Waals surface area contributed by atoms with Crippen LogP contribution < -0.4 is 0 Å². The molecule has 0 heterocycles. The van der Waals surface area contributed by atoms with Gasteiger partial charge in [0, 0.05) is 24.7 Å². The van der Waals surface area contributed by atoms with Crippen LogP contribution in [0.15, 0.2) is 0 Å². The molecule has 0 saturated carbocycles. The molecule has 31 heavy (non-hydrogen) atoms. The van der Waals surface area contributed by atoms with Gasteiger partial charge in [0.1, 0.15) is 6.10 Å². The minimum atomic E-state index is -1.41. The molecule has 0 aliphatic heterocycles. The standard InChI is InChI=1S/C20H42O11/c1-10(20(31)11(2)17(28)6-14(25)4-15(26)8-21)16(27)5-12(23)3-13(24)7-18(29)19(30)9-22/h10-31H,3-9H2,1-2H3/t10-,11-,12-,13-,14-,15-,16-,17+,18+,19-,20+/m0/s1. The van der Waals surface area contributed by atoms with Crippen molar-refractivity contribution in [2.75, 3.05) is 13.2 Å². The lowest BCUT2D eigenvalue weighted by atomic mass is 9.82. The first-order valence-electron chi connectivity index (χ1n) is 10.7. The molecular weight excluding hydrogens is 416 g/mol. The third kappa shape index (κ3) is 11.8. The molecule has 0 aliphatic rings. The van der Waals surface area contributed by atoms with E-state index in [1.54, 1.807) is 0 Å². The minimum absolute atomic E-state index is 0.132. The van der Waals surface area contributed by atoms with E-state index in [0.717, 1.165) is 0 Å². The lowest BCUT2D eigenvalue weighted by Crippen LogP contribution is -2.41. The van der Waals surface area contributed by atoms with Crippen molar-refractivity contribution in [3.05, 3.63) is 0 Å². The first kappa shape index (κ1) is 30.6. The van der Waals surface area contributed by atoms with Gasteiger partial charge in [-0.05, 0) is 19.3 Å². The van der Waals surface area contributed by atoms with Gasteiger partial charge in [-0.3, -0.25) is 0 Å². The summed E-state index contributed by atoms with van der Waals surface area (Å²) in [6.45, 7) is 1.86. The van der Waals surface area contributed by atoms with Crippen LogP contribution in [0.3, 0.4) is 0 Å². The summed E-state index contributed by atoms with van der Waals surface area (Å²) in [7, 11) is 0. The highest BCUT2D eigenvalue weighted by Gasteiger charge is 2.33. The maximum absolute atomic E-state index is 10.5. The number of aliphatic hydroxyl groups excluding tert-OH is 11. The molecule has 11 atom stereocenters. The smallest absolute Gasteiger partial charge is 0.103 e. The summed E-state index contributed by atoms with van der Waals surface area (Å²) in [4.78, 5) is 0. The molecule has 0 saturated heterocycles. The first-order valence-corrected chi connectivity index (χ1v) is 10.7. The lowest BCUT2D eigenvalue weighted by molar-refractivity contribution is -0.0706. The highest BCUT2D eigenvalue weighted by atomic mass is 16.4. The molecule has 0 unspecified atom stereocenters. The van der Waals surface area contributed by atoms with E-state index < -0.39 is 80.0 Å². The van der Waals surface area contributed by atoms with Gasteiger partial charge >= 0.3 is 0 Å². The highest BCUT2D eigenvalue weighted by molar-refractivity contribution is 4.84. The molecule has 0 rings (SSSR count). The largest absolute Gasteiger partial charge is 0.394 e. The molecule has 11 N–H and O–H groups in total. The van der Waals surface area contributed by atoms with Crippen LogP contribution in [0.4, 0.5) is 0 Å². The predicted molar refractivity (Wildman–Crippen MR) is 110 cm³/mol. The Labute approximate surface area is 182 Å². The van der Waals surface area contributed by atoms with Crippen molar-refractivity contribution in [1.29, 1.82) is 0 Å². The molecule has 0 spiro atoms. The molecule has 0 aromatic carbocycles. The third-order valence-corrected chi connectivity index (χ3v) is 5.76. The molecule has 0 fully saturated rings. The molecule has 11 nitrogen and oxygen atoms in total. The van der Waals surface area contributed by atoms with E-state index in [2.05, 4.69) is 0 Å². The zero-order valence-corrected chi connectivity index (χ0v) is 18.2. The van der Waals surface area contributed by atoms with Crippen molar-refractivity contribution >= 4 is 0 Å². The van der Waals surface area contributed by atoms with Gasteiger partial charge in [-0.25, -0.2) is 0 Å². The summed E-state index contributed by atoms with van der Waals surface area (Å²) in [6.07, 6.45) is -11.8. The Balaban J connectivity index is 4.57. The molecule has 0 aliphatic carbocycles. The Hall–Kier alpha value is -0.440. The Bertz CT molecular complexity index is 455. The van der Waals surface area contributed by atoms with Crippen molar-refractivity contribution in [3.8, 4) is 0 Å². The average Bonchev–Trinajstić information content (AvgIpc) is 2.70. The zero-order chi connectivity index (χ0) is 24.3. The van der Waals surface area contributed by atoms with Gasteiger partial charge in [-0.2, -0.15) is 0 Å². The number of hydrogen-bond acceptors (Lipinski definition) is 11. The van der Waals surface area contributed by atoms with Crippen molar-refractivity contribution in [2.24, 2.45) is 11.8 Å². The van der Waals surface area contributed by atoms with Crippen LogP contribution in [0.2, 0.25) is 0 Å². The van der Waals surface area contributed by atoms with Crippen LogP contribution >= 0.6 is 0 Å². The third-order valence-electron chi connectivity index (χ3n) is 5.76. The van der Waals surface area contributed by atoms with Gasteiger partial charge in [-0.1, -0.05) is 13.8 Å². The van der Waals surface area contributed by atoms with Crippen LogP contribution in [0.25, 0.3) is 0 Å². The van der Waals surface area contributed by atoms with Crippen LogP contribution in [0, 0.1) is 11.8 Å². The first-order chi connectivity index (χ1) is 14.3. The second kappa shape index (κ2) is 15.4. The van der Waals surface area contributed by atoms with E-state index in [-0.39, 0.29) is 32.1 Å². The van der Waals surface area contributed by atoms with Gasteiger partial charge < -0.3 is 56.2 Å². The van der Waals surface area contributed by atoms with Crippen LogP contribution in [0.5, 0.6) is 0 Å². The molecule has 188 valence electrons. The van der Waals surface area contributed by atoms with Gasteiger partial charge in [0.15, 0.2) is 0 Å². The Morgan fingerprint density at radius 1 is 0.419 bits per heavy atom. The molecular formula is C20H42O11. The summed E-state index contributed by atoms with van der Waals surface area (Å²) >= 11 is 0. The van der Waals surface area contributed by atoms with E-state index in [0.29, 0.717) is 0 Å². The van der Waals surface area contributed by atoms with E-state index in [1.165, 1.54) is 13.8 Å². The van der Waals surface area contributed by atoms with E-state index >= 15 is 0 Å². The molecule has 11 heteroatoms. The van der Waals surface area contributed by atoms with E-state index in [1.807, 2.05) is 0 Å². The number of aliphatic hydroxyl groups is 11. The molecule has 0 aromatic heterocycles. The summed E-state index contributed by atoms with van der Waals surface area (Å²) in [6, 6.07) is 0. The molecule has 0 amide bonds. The maximum Gasteiger partial charge on any atom is 0.103 e. The second-order valence-corrected chi connectivity index (χ2v) is 8.64. The Morgan fingerprint density at radius 2 is 0.774 bits per heavy atom. The van der Waals surface area contributed by atoms with Crippen LogP contribution in [-0.2, 0) is 0 Å². The van der Waals surface area contributed by atoms with Gasteiger partial charge in [0.25, 0.3) is 0 Å².